The van der Waals surface area contributed by atoms with Crippen LogP contribution in [0.1, 0.15) is 35.2 Å². The molecule has 3 rings (SSSR count). The van der Waals surface area contributed by atoms with Gasteiger partial charge in [-0.25, -0.2) is 0 Å². The Balaban J connectivity index is 1.46. The van der Waals surface area contributed by atoms with Crippen LogP contribution in [0.5, 0.6) is 0 Å². The van der Waals surface area contributed by atoms with Crippen LogP contribution in [0.25, 0.3) is 0 Å². The molecule has 2 amide bonds. The van der Waals surface area contributed by atoms with E-state index in [0.29, 0.717) is 6.54 Å². The van der Waals surface area contributed by atoms with Crippen LogP contribution in [0.2, 0.25) is 0 Å². The van der Waals surface area contributed by atoms with E-state index in [9.17, 15) is 19.7 Å². The normalized spacial score (nSPS) is 16.6. The van der Waals surface area contributed by atoms with Crippen molar-refractivity contribution < 1.29 is 14.5 Å². The Labute approximate surface area is 175 Å². The average Bonchev–Trinajstić information content (AvgIpc) is 2.77. The van der Waals surface area contributed by atoms with E-state index in [1.807, 2.05) is 18.2 Å². The fourth-order valence-corrected chi connectivity index (χ4v) is 3.63. The third kappa shape index (κ3) is 6.12. The Morgan fingerprint density at radius 2 is 1.87 bits per heavy atom. The Kier molecular flexibility index (Phi) is 7.51. The lowest BCUT2D eigenvalue weighted by Crippen LogP contribution is -2.47. The molecule has 0 saturated carbocycles. The summed E-state index contributed by atoms with van der Waals surface area (Å²) in [5.41, 5.74) is 1.24. The minimum absolute atomic E-state index is 0.151. The van der Waals surface area contributed by atoms with Crippen LogP contribution in [0.15, 0.2) is 54.6 Å². The molecule has 8 heteroatoms. The standard InChI is InChI=1S/C22H26N4O4/c27-21(15-24-22(28)18-9-6-11-19(13-18)26(29)30)23-14-20-10-4-5-12-25(20)16-17-7-2-1-3-8-17/h1-3,6-9,11,13,20H,4-5,10,12,14-16H2,(H,23,27)(H,24,28). The molecule has 158 valence electrons. The quantitative estimate of drug-likeness (QED) is 0.514. The van der Waals surface area contributed by atoms with Gasteiger partial charge in [0.05, 0.1) is 11.5 Å². The SMILES string of the molecule is O=C(CNC(=O)c1cccc([N+](=O)[O-])c1)NCC1CCCCN1Cc1ccccc1. The molecule has 2 aromatic carbocycles. The molecule has 1 aliphatic rings. The molecule has 0 bridgehead atoms. The number of amides is 2. The summed E-state index contributed by atoms with van der Waals surface area (Å²) in [6, 6.07) is 15.9. The van der Waals surface area contributed by atoms with Crippen molar-refractivity contribution in [1.29, 1.82) is 0 Å². The summed E-state index contributed by atoms with van der Waals surface area (Å²) in [5.74, 6) is -0.795. The lowest BCUT2D eigenvalue weighted by atomic mass is 10.0. The van der Waals surface area contributed by atoms with Gasteiger partial charge in [-0.15, -0.1) is 0 Å². The van der Waals surface area contributed by atoms with Gasteiger partial charge in [0.15, 0.2) is 0 Å². The third-order valence-corrected chi connectivity index (χ3v) is 5.24. The summed E-state index contributed by atoms with van der Waals surface area (Å²) in [6.45, 7) is 2.20. The molecule has 2 N–H and O–H groups in total. The number of likely N-dealkylation sites (tertiary alicyclic amines) is 1. The lowest BCUT2D eigenvalue weighted by molar-refractivity contribution is -0.384. The van der Waals surface area contributed by atoms with Crippen molar-refractivity contribution in [2.45, 2.75) is 31.8 Å². The first-order valence-corrected chi connectivity index (χ1v) is 10.1. The van der Waals surface area contributed by atoms with E-state index in [1.54, 1.807) is 0 Å². The summed E-state index contributed by atoms with van der Waals surface area (Å²) in [4.78, 5) is 37.0. The molecule has 0 aromatic heterocycles. The van der Waals surface area contributed by atoms with Crippen molar-refractivity contribution in [3.05, 3.63) is 75.8 Å². The van der Waals surface area contributed by atoms with E-state index in [2.05, 4.69) is 27.7 Å². The smallest absolute Gasteiger partial charge is 0.270 e. The number of hydrogen-bond acceptors (Lipinski definition) is 5. The van der Waals surface area contributed by atoms with Gasteiger partial charge in [-0.1, -0.05) is 42.8 Å². The molecule has 0 radical (unpaired) electrons. The number of nitro benzene ring substituents is 1. The van der Waals surface area contributed by atoms with Crippen molar-refractivity contribution in [3.63, 3.8) is 0 Å². The Morgan fingerprint density at radius 3 is 2.63 bits per heavy atom. The van der Waals surface area contributed by atoms with Gasteiger partial charge < -0.3 is 10.6 Å². The Morgan fingerprint density at radius 1 is 1.07 bits per heavy atom. The van der Waals surface area contributed by atoms with Crippen molar-refractivity contribution in [2.75, 3.05) is 19.6 Å². The number of nitro groups is 1. The fourth-order valence-electron chi connectivity index (χ4n) is 3.63. The highest BCUT2D eigenvalue weighted by molar-refractivity contribution is 5.96. The Bertz CT molecular complexity index is 888. The maximum atomic E-state index is 12.2. The number of nitrogens with zero attached hydrogens (tertiary/aromatic N) is 2. The Hall–Kier alpha value is -3.26. The largest absolute Gasteiger partial charge is 0.353 e. The molecule has 0 aliphatic carbocycles. The molecule has 1 fully saturated rings. The summed E-state index contributed by atoms with van der Waals surface area (Å²) in [6.07, 6.45) is 3.30. The molecule has 1 aliphatic heterocycles. The minimum Gasteiger partial charge on any atom is -0.353 e. The van der Waals surface area contributed by atoms with Gasteiger partial charge in [-0.05, 0) is 31.0 Å². The summed E-state index contributed by atoms with van der Waals surface area (Å²) in [5, 5.41) is 16.2. The van der Waals surface area contributed by atoms with E-state index in [-0.39, 0.29) is 29.7 Å². The summed E-state index contributed by atoms with van der Waals surface area (Å²) < 4.78 is 0. The number of carbonyl (C=O) groups is 2. The van der Waals surface area contributed by atoms with E-state index in [1.165, 1.54) is 29.8 Å². The monoisotopic (exact) mass is 410 g/mol. The zero-order valence-corrected chi connectivity index (χ0v) is 16.8. The maximum Gasteiger partial charge on any atom is 0.270 e. The van der Waals surface area contributed by atoms with E-state index in [0.717, 1.165) is 32.4 Å². The molecular weight excluding hydrogens is 384 g/mol. The van der Waals surface area contributed by atoms with Gasteiger partial charge >= 0.3 is 0 Å². The van der Waals surface area contributed by atoms with Crippen molar-refractivity contribution >= 4 is 17.5 Å². The topological polar surface area (TPSA) is 105 Å². The van der Waals surface area contributed by atoms with Crippen molar-refractivity contribution in [3.8, 4) is 0 Å². The third-order valence-electron chi connectivity index (χ3n) is 5.24. The van der Waals surface area contributed by atoms with Gasteiger partial charge in [0, 0.05) is 36.8 Å². The van der Waals surface area contributed by atoms with E-state index in [4.69, 9.17) is 0 Å². The van der Waals surface area contributed by atoms with Gasteiger partial charge in [-0.3, -0.25) is 24.6 Å². The van der Waals surface area contributed by atoms with Crippen LogP contribution in [0.3, 0.4) is 0 Å². The second kappa shape index (κ2) is 10.5. The zero-order valence-electron chi connectivity index (χ0n) is 16.8. The van der Waals surface area contributed by atoms with Crippen LogP contribution in [0.4, 0.5) is 5.69 Å². The van der Waals surface area contributed by atoms with Gasteiger partial charge in [0.25, 0.3) is 11.6 Å². The molecule has 1 atom stereocenters. The first-order valence-electron chi connectivity index (χ1n) is 10.1. The minimum atomic E-state index is -0.561. The average molecular weight is 410 g/mol. The zero-order chi connectivity index (χ0) is 21.3. The number of benzene rings is 2. The molecule has 0 spiro atoms. The van der Waals surface area contributed by atoms with Crippen LogP contribution < -0.4 is 10.6 Å². The number of hydrogen-bond donors (Lipinski definition) is 2. The number of carbonyl (C=O) groups excluding carboxylic acids is 2. The molecular formula is C22H26N4O4. The van der Waals surface area contributed by atoms with Crippen molar-refractivity contribution in [1.82, 2.24) is 15.5 Å². The van der Waals surface area contributed by atoms with Crippen molar-refractivity contribution in [2.24, 2.45) is 0 Å². The highest BCUT2D eigenvalue weighted by atomic mass is 16.6. The van der Waals surface area contributed by atoms with Gasteiger partial charge in [0.2, 0.25) is 5.91 Å². The first-order chi connectivity index (χ1) is 14.5. The molecule has 8 nitrogen and oxygen atoms in total. The van der Waals surface area contributed by atoms with Gasteiger partial charge in [-0.2, -0.15) is 0 Å². The second-order valence-corrected chi connectivity index (χ2v) is 7.40. The predicted octanol–water partition coefficient (Wildman–Crippen LogP) is 2.50. The van der Waals surface area contributed by atoms with E-state index >= 15 is 0 Å². The van der Waals surface area contributed by atoms with Gasteiger partial charge in [0.1, 0.15) is 0 Å². The number of nitrogens with one attached hydrogen (secondary N) is 2. The second-order valence-electron chi connectivity index (χ2n) is 7.40. The predicted molar refractivity (Wildman–Crippen MR) is 113 cm³/mol. The summed E-state index contributed by atoms with van der Waals surface area (Å²) >= 11 is 0. The van der Waals surface area contributed by atoms with E-state index < -0.39 is 10.8 Å². The lowest BCUT2D eigenvalue weighted by Gasteiger charge is -2.35. The molecule has 1 saturated heterocycles. The molecule has 30 heavy (non-hydrogen) atoms. The molecule has 1 heterocycles. The number of rotatable bonds is 8. The van der Waals surface area contributed by atoms with Crippen LogP contribution in [-0.4, -0.2) is 47.3 Å². The highest BCUT2D eigenvalue weighted by Gasteiger charge is 2.23. The maximum absolute atomic E-state index is 12.2. The number of piperidine rings is 1. The number of non-ortho nitro benzene ring substituents is 1. The summed E-state index contributed by atoms with van der Waals surface area (Å²) in [7, 11) is 0. The highest BCUT2D eigenvalue weighted by Crippen LogP contribution is 2.19. The fraction of sp³-hybridized carbons (Fsp3) is 0.364. The van der Waals surface area contributed by atoms with Crippen LogP contribution in [-0.2, 0) is 11.3 Å². The van der Waals surface area contributed by atoms with Crippen LogP contribution in [0, 0.1) is 10.1 Å². The van der Waals surface area contributed by atoms with Crippen LogP contribution >= 0.6 is 0 Å². The first kappa shape index (κ1) is 21.4. The molecule has 1 unspecified atom stereocenters. The molecule has 2 aromatic rings.